The average Bonchev–Trinajstić information content (AvgIpc) is 2.27. The molecule has 0 saturated carbocycles. The van der Waals surface area contributed by atoms with E-state index in [4.69, 9.17) is 5.73 Å². The molecule has 20 heavy (non-hydrogen) atoms. The molecule has 1 aromatic carbocycles. The van der Waals surface area contributed by atoms with E-state index in [1.54, 1.807) is 25.6 Å². The van der Waals surface area contributed by atoms with Gasteiger partial charge in [0, 0.05) is 20.7 Å². The molecule has 0 atom stereocenters. The molecule has 0 spiro atoms. The van der Waals surface area contributed by atoms with E-state index in [0.29, 0.717) is 6.54 Å². The molecule has 0 radical (unpaired) electrons. The first-order valence-corrected chi connectivity index (χ1v) is 7.73. The van der Waals surface area contributed by atoms with Crippen LogP contribution >= 0.6 is 40.1 Å². The third-order valence-corrected chi connectivity index (χ3v) is 4.20. The lowest BCUT2D eigenvalue weighted by Crippen LogP contribution is -2.51. The maximum absolute atomic E-state index is 11.8. The van der Waals surface area contributed by atoms with Crippen LogP contribution in [0.4, 0.5) is 0 Å². The number of amides is 1. The van der Waals surface area contributed by atoms with Crippen molar-refractivity contribution in [2.45, 2.75) is 42.9 Å². The summed E-state index contributed by atoms with van der Waals surface area (Å²) in [6.45, 7) is 8.19. The molecule has 0 saturated heterocycles. The van der Waals surface area contributed by atoms with Gasteiger partial charge in [0.2, 0.25) is 5.91 Å². The topological polar surface area (TPSA) is 55.1 Å². The van der Waals surface area contributed by atoms with Gasteiger partial charge in [-0.1, -0.05) is 15.9 Å². The number of hydrogen-bond acceptors (Lipinski definition) is 3. The number of nitrogens with two attached hydrogens (primary N) is 1. The summed E-state index contributed by atoms with van der Waals surface area (Å²) in [5, 5.41) is 2.90. The summed E-state index contributed by atoms with van der Waals surface area (Å²) < 4.78 is 0.974. The standard InChI is InChI=1S/C14H21BrN2OS.ClH/c1-13(2,9-17-12(18)14(3,4)16)19-11-7-5-10(15)6-8-11;/h5-8H,9,16H2,1-4H3,(H,17,18);1H. The Morgan fingerprint density at radius 1 is 1.25 bits per heavy atom. The summed E-state index contributed by atoms with van der Waals surface area (Å²) in [6.07, 6.45) is 0. The number of halogens is 2. The Kier molecular flexibility index (Phi) is 7.60. The van der Waals surface area contributed by atoms with Crippen LogP contribution in [0.3, 0.4) is 0 Å². The van der Waals surface area contributed by atoms with Gasteiger partial charge >= 0.3 is 0 Å². The molecule has 0 aliphatic carbocycles. The van der Waals surface area contributed by atoms with Gasteiger partial charge in [-0.25, -0.2) is 0 Å². The largest absolute Gasteiger partial charge is 0.353 e. The SMILES string of the molecule is CC(C)(CNC(=O)C(C)(C)N)Sc1ccc(Br)cc1.Cl. The van der Waals surface area contributed by atoms with Crippen molar-refractivity contribution in [2.75, 3.05) is 6.54 Å². The lowest BCUT2D eigenvalue weighted by atomic mass is 10.1. The zero-order valence-corrected chi connectivity index (χ0v) is 15.4. The summed E-state index contributed by atoms with van der Waals surface area (Å²) >= 11 is 5.15. The number of thioether (sulfide) groups is 1. The normalized spacial score (nSPS) is 11.7. The van der Waals surface area contributed by atoms with Gasteiger partial charge in [-0.3, -0.25) is 4.79 Å². The van der Waals surface area contributed by atoms with Crippen LogP contribution in [0, 0.1) is 0 Å². The lowest BCUT2D eigenvalue weighted by molar-refractivity contribution is -0.125. The van der Waals surface area contributed by atoms with Crippen LogP contribution in [0.1, 0.15) is 27.7 Å². The van der Waals surface area contributed by atoms with Crippen molar-refractivity contribution in [1.29, 1.82) is 0 Å². The monoisotopic (exact) mass is 380 g/mol. The molecule has 0 aliphatic rings. The summed E-state index contributed by atoms with van der Waals surface area (Å²) in [5.41, 5.74) is 4.92. The number of nitrogens with one attached hydrogen (secondary N) is 1. The molecular weight excluding hydrogens is 360 g/mol. The smallest absolute Gasteiger partial charge is 0.239 e. The first kappa shape index (κ1) is 19.8. The fourth-order valence-electron chi connectivity index (χ4n) is 1.38. The predicted octanol–water partition coefficient (Wildman–Crippen LogP) is 3.60. The minimum atomic E-state index is -0.835. The fraction of sp³-hybridized carbons (Fsp3) is 0.500. The van der Waals surface area contributed by atoms with Gasteiger partial charge in [0.25, 0.3) is 0 Å². The quantitative estimate of drug-likeness (QED) is 0.766. The van der Waals surface area contributed by atoms with Gasteiger partial charge in [0.1, 0.15) is 0 Å². The second-order valence-electron chi connectivity index (χ2n) is 5.72. The molecule has 0 heterocycles. The Balaban J connectivity index is 0.00000361. The van der Waals surface area contributed by atoms with Crippen molar-refractivity contribution >= 4 is 46.0 Å². The van der Waals surface area contributed by atoms with Gasteiger partial charge in [-0.2, -0.15) is 0 Å². The Morgan fingerprint density at radius 2 is 1.75 bits per heavy atom. The summed E-state index contributed by atoms with van der Waals surface area (Å²) in [6, 6.07) is 8.15. The third kappa shape index (κ3) is 6.97. The van der Waals surface area contributed by atoms with Crippen LogP contribution in [0.15, 0.2) is 33.6 Å². The first-order chi connectivity index (χ1) is 8.60. The molecule has 114 valence electrons. The highest BCUT2D eigenvalue weighted by atomic mass is 79.9. The van der Waals surface area contributed by atoms with Gasteiger partial charge in [-0.05, 0) is 52.0 Å². The molecule has 0 aliphatic heterocycles. The van der Waals surface area contributed by atoms with Crippen molar-refractivity contribution in [3.8, 4) is 0 Å². The second-order valence-corrected chi connectivity index (χ2v) is 8.42. The Hall–Kier alpha value is -0.230. The van der Waals surface area contributed by atoms with E-state index in [9.17, 15) is 4.79 Å². The van der Waals surface area contributed by atoms with Gasteiger partial charge in [-0.15, -0.1) is 24.2 Å². The molecule has 0 bridgehead atoms. The second kappa shape index (κ2) is 7.69. The van der Waals surface area contributed by atoms with E-state index in [0.717, 1.165) is 4.47 Å². The van der Waals surface area contributed by atoms with Gasteiger partial charge in [0.05, 0.1) is 5.54 Å². The minimum Gasteiger partial charge on any atom is -0.353 e. The zero-order chi connectivity index (χ0) is 14.7. The van der Waals surface area contributed by atoms with Crippen molar-refractivity contribution in [3.05, 3.63) is 28.7 Å². The highest BCUT2D eigenvalue weighted by molar-refractivity contribution is 9.10. The molecule has 0 unspecified atom stereocenters. The van der Waals surface area contributed by atoms with Crippen LogP contribution in [-0.4, -0.2) is 22.7 Å². The van der Waals surface area contributed by atoms with Crippen LogP contribution < -0.4 is 11.1 Å². The van der Waals surface area contributed by atoms with Crippen LogP contribution in [0.2, 0.25) is 0 Å². The Morgan fingerprint density at radius 3 is 2.20 bits per heavy atom. The minimum absolute atomic E-state index is 0. The zero-order valence-electron chi connectivity index (χ0n) is 12.2. The van der Waals surface area contributed by atoms with Crippen molar-refractivity contribution in [1.82, 2.24) is 5.32 Å². The van der Waals surface area contributed by atoms with Crippen molar-refractivity contribution in [3.63, 3.8) is 0 Å². The number of benzene rings is 1. The van der Waals surface area contributed by atoms with E-state index in [1.807, 2.05) is 12.1 Å². The molecule has 1 amide bonds. The van der Waals surface area contributed by atoms with Crippen molar-refractivity contribution < 1.29 is 4.79 Å². The molecular formula is C14H22BrClN2OS. The number of hydrogen-bond donors (Lipinski definition) is 2. The van der Waals surface area contributed by atoms with Crippen LogP contribution in [-0.2, 0) is 4.79 Å². The average molecular weight is 382 g/mol. The van der Waals surface area contributed by atoms with E-state index < -0.39 is 5.54 Å². The molecule has 1 aromatic rings. The third-order valence-electron chi connectivity index (χ3n) is 2.47. The molecule has 6 heteroatoms. The lowest BCUT2D eigenvalue weighted by Gasteiger charge is -2.27. The van der Waals surface area contributed by atoms with E-state index in [-0.39, 0.29) is 23.1 Å². The summed E-state index contributed by atoms with van der Waals surface area (Å²) in [5.74, 6) is -0.128. The molecule has 1 rings (SSSR count). The maximum Gasteiger partial charge on any atom is 0.239 e. The predicted molar refractivity (Wildman–Crippen MR) is 92.6 cm³/mol. The summed E-state index contributed by atoms with van der Waals surface area (Å²) in [4.78, 5) is 12.9. The van der Waals surface area contributed by atoms with E-state index in [1.165, 1.54) is 4.90 Å². The molecule has 0 aromatic heterocycles. The van der Waals surface area contributed by atoms with E-state index in [2.05, 4.69) is 47.2 Å². The maximum atomic E-state index is 11.8. The van der Waals surface area contributed by atoms with Crippen LogP contribution in [0.25, 0.3) is 0 Å². The first-order valence-electron chi connectivity index (χ1n) is 6.12. The van der Waals surface area contributed by atoms with Gasteiger partial charge in [0.15, 0.2) is 0 Å². The molecule has 3 nitrogen and oxygen atoms in total. The molecule has 3 N–H and O–H groups in total. The highest BCUT2D eigenvalue weighted by Gasteiger charge is 2.25. The van der Waals surface area contributed by atoms with Crippen LogP contribution in [0.5, 0.6) is 0 Å². The number of rotatable bonds is 5. The Labute approximate surface area is 140 Å². The van der Waals surface area contributed by atoms with Gasteiger partial charge < -0.3 is 11.1 Å². The summed E-state index contributed by atoms with van der Waals surface area (Å²) in [7, 11) is 0. The number of carbonyl (C=O) groups is 1. The van der Waals surface area contributed by atoms with Crippen molar-refractivity contribution in [2.24, 2.45) is 5.73 Å². The molecule has 0 fully saturated rings. The van der Waals surface area contributed by atoms with E-state index >= 15 is 0 Å². The Bertz CT molecular complexity index is 443. The number of carbonyl (C=O) groups excluding carboxylic acids is 1. The fourth-order valence-corrected chi connectivity index (χ4v) is 2.70. The highest BCUT2D eigenvalue weighted by Crippen LogP contribution is 2.32.